The van der Waals surface area contributed by atoms with Gasteiger partial charge < -0.3 is 9.64 Å². The number of carbonyl (C=O) groups excluding carboxylic acids is 1. The van der Waals surface area contributed by atoms with Crippen LogP contribution >= 0.6 is 11.6 Å². The van der Waals surface area contributed by atoms with Crippen LogP contribution in [0.2, 0.25) is 5.02 Å². The van der Waals surface area contributed by atoms with Crippen molar-refractivity contribution in [1.82, 2.24) is 14.5 Å². The molecule has 2 aromatic rings. The summed E-state index contributed by atoms with van der Waals surface area (Å²) >= 11 is 6.07. The molecule has 0 atom stereocenters. The maximum absolute atomic E-state index is 13.1. The normalized spacial score (nSPS) is 15.3. The SMILES string of the molecule is COCCNS(=O)(=O)c1ccc(C)c(C(=O)N2CCN(Cc3cccc(Cl)c3)CC2)c1. The van der Waals surface area contributed by atoms with Crippen molar-refractivity contribution in [3.05, 3.63) is 64.2 Å². The number of benzene rings is 2. The summed E-state index contributed by atoms with van der Waals surface area (Å²) < 4.78 is 32.4. The fourth-order valence-corrected chi connectivity index (χ4v) is 4.78. The average Bonchev–Trinajstić information content (AvgIpc) is 2.74. The quantitative estimate of drug-likeness (QED) is 0.606. The van der Waals surface area contributed by atoms with Crippen LogP contribution in [0.4, 0.5) is 0 Å². The number of rotatable bonds is 8. The van der Waals surface area contributed by atoms with Crippen LogP contribution in [0.5, 0.6) is 0 Å². The first-order chi connectivity index (χ1) is 14.8. The van der Waals surface area contributed by atoms with E-state index in [0.717, 1.165) is 30.8 Å². The maximum Gasteiger partial charge on any atom is 0.254 e. The number of aryl methyl sites for hydroxylation is 1. The highest BCUT2D eigenvalue weighted by molar-refractivity contribution is 7.89. The second-order valence-electron chi connectivity index (χ2n) is 7.57. The zero-order chi connectivity index (χ0) is 22.4. The van der Waals surface area contributed by atoms with Gasteiger partial charge in [0.05, 0.1) is 11.5 Å². The molecule has 0 aliphatic carbocycles. The third-order valence-electron chi connectivity index (χ3n) is 5.30. The molecule has 1 fully saturated rings. The van der Waals surface area contributed by atoms with Gasteiger partial charge in [0.15, 0.2) is 0 Å². The minimum Gasteiger partial charge on any atom is -0.383 e. The van der Waals surface area contributed by atoms with Crippen molar-refractivity contribution in [3.8, 4) is 0 Å². The van der Waals surface area contributed by atoms with Crippen molar-refractivity contribution in [2.24, 2.45) is 0 Å². The topological polar surface area (TPSA) is 78.9 Å². The Morgan fingerprint density at radius 1 is 1.13 bits per heavy atom. The lowest BCUT2D eigenvalue weighted by molar-refractivity contribution is 0.0627. The number of halogens is 1. The van der Waals surface area contributed by atoms with Crippen molar-refractivity contribution < 1.29 is 17.9 Å². The van der Waals surface area contributed by atoms with E-state index in [4.69, 9.17) is 16.3 Å². The Morgan fingerprint density at radius 2 is 1.87 bits per heavy atom. The van der Waals surface area contributed by atoms with Crippen molar-refractivity contribution in [1.29, 1.82) is 0 Å². The molecular weight excluding hydrogens is 438 g/mol. The fourth-order valence-electron chi connectivity index (χ4n) is 3.53. The molecule has 1 saturated heterocycles. The van der Waals surface area contributed by atoms with E-state index < -0.39 is 10.0 Å². The molecule has 1 aliphatic rings. The summed E-state index contributed by atoms with van der Waals surface area (Å²) in [5, 5.41) is 0.716. The molecule has 1 N–H and O–H groups in total. The van der Waals surface area contributed by atoms with Gasteiger partial charge in [0.2, 0.25) is 10.0 Å². The number of methoxy groups -OCH3 is 1. The smallest absolute Gasteiger partial charge is 0.254 e. The zero-order valence-corrected chi connectivity index (χ0v) is 19.4. The summed E-state index contributed by atoms with van der Waals surface area (Å²) in [6.07, 6.45) is 0. The molecule has 168 valence electrons. The molecule has 1 amide bonds. The highest BCUT2D eigenvalue weighted by Crippen LogP contribution is 2.19. The molecule has 2 aromatic carbocycles. The van der Waals surface area contributed by atoms with Crippen molar-refractivity contribution in [2.75, 3.05) is 46.4 Å². The lowest BCUT2D eigenvalue weighted by atomic mass is 10.1. The Bertz CT molecular complexity index is 1020. The molecule has 0 saturated carbocycles. The predicted octanol–water partition coefficient (Wildman–Crippen LogP) is 2.53. The van der Waals surface area contributed by atoms with Crippen LogP contribution in [0, 0.1) is 6.92 Å². The van der Waals surface area contributed by atoms with Gasteiger partial charge >= 0.3 is 0 Å². The van der Waals surface area contributed by atoms with E-state index in [0.29, 0.717) is 23.7 Å². The van der Waals surface area contributed by atoms with Gasteiger partial charge in [-0.3, -0.25) is 9.69 Å². The minimum absolute atomic E-state index is 0.0807. The molecule has 0 spiro atoms. The van der Waals surface area contributed by atoms with Crippen molar-refractivity contribution in [3.63, 3.8) is 0 Å². The van der Waals surface area contributed by atoms with Gasteiger partial charge in [-0.2, -0.15) is 0 Å². The van der Waals surface area contributed by atoms with E-state index in [1.165, 1.54) is 19.2 Å². The van der Waals surface area contributed by atoms with Gasteiger partial charge in [-0.15, -0.1) is 0 Å². The Labute approximate surface area is 189 Å². The second kappa shape index (κ2) is 10.6. The number of ether oxygens (including phenoxy) is 1. The first-order valence-corrected chi connectivity index (χ1v) is 12.0. The molecule has 9 heteroatoms. The van der Waals surface area contributed by atoms with E-state index >= 15 is 0 Å². The lowest BCUT2D eigenvalue weighted by Crippen LogP contribution is -2.48. The number of nitrogens with one attached hydrogen (secondary N) is 1. The number of hydrogen-bond acceptors (Lipinski definition) is 5. The van der Waals surface area contributed by atoms with E-state index in [9.17, 15) is 13.2 Å². The Balaban J connectivity index is 1.65. The van der Waals surface area contributed by atoms with Crippen LogP contribution < -0.4 is 4.72 Å². The molecule has 7 nitrogen and oxygen atoms in total. The molecule has 0 aromatic heterocycles. The number of hydrogen-bond donors (Lipinski definition) is 1. The highest BCUT2D eigenvalue weighted by atomic mass is 35.5. The lowest BCUT2D eigenvalue weighted by Gasteiger charge is -2.35. The number of piperazine rings is 1. The third-order valence-corrected chi connectivity index (χ3v) is 7.00. The van der Waals surface area contributed by atoms with Crippen LogP contribution in [0.15, 0.2) is 47.4 Å². The van der Waals surface area contributed by atoms with Crippen LogP contribution in [-0.4, -0.2) is 70.6 Å². The largest absolute Gasteiger partial charge is 0.383 e. The summed E-state index contributed by atoms with van der Waals surface area (Å²) in [4.78, 5) is 17.3. The Morgan fingerprint density at radius 3 is 2.55 bits per heavy atom. The second-order valence-corrected chi connectivity index (χ2v) is 9.77. The molecule has 1 aliphatic heterocycles. The van der Waals surface area contributed by atoms with E-state index in [-0.39, 0.29) is 24.0 Å². The molecule has 0 bridgehead atoms. The molecule has 31 heavy (non-hydrogen) atoms. The minimum atomic E-state index is -3.70. The van der Waals surface area contributed by atoms with Gasteiger partial charge in [-0.25, -0.2) is 13.1 Å². The number of sulfonamides is 1. The van der Waals surface area contributed by atoms with Crippen molar-refractivity contribution >= 4 is 27.5 Å². The molecule has 1 heterocycles. The van der Waals surface area contributed by atoms with Gasteiger partial charge in [0.1, 0.15) is 0 Å². The van der Waals surface area contributed by atoms with Crippen LogP contribution in [0.1, 0.15) is 21.5 Å². The fraction of sp³-hybridized carbons (Fsp3) is 0.409. The number of amides is 1. The Kier molecular flexibility index (Phi) is 8.07. The molecule has 0 radical (unpaired) electrons. The first-order valence-electron chi connectivity index (χ1n) is 10.2. The van der Waals surface area contributed by atoms with Crippen molar-refractivity contribution in [2.45, 2.75) is 18.4 Å². The number of carbonyl (C=O) groups is 1. The van der Waals surface area contributed by atoms with Crippen LogP contribution in [0.25, 0.3) is 0 Å². The first kappa shape index (κ1) is 23.7. The van der Waals surface area contributed by atoms with Crippen LogP contribution in [0.3, 0.4) is 0 Å². The van der Waals surface area contributed by atoms with Gasteiger partial charge in [0, 0.05) is 57.0 Å². The predicted molar refractivity (Wildman–Crippen MR) is 121 cm³/mol. The van der Waals surface area contributed by atoms with Gasteiger partial charge in [0.25, 0.3) is 5.91 Å². The summed E-state index contributed by atoms with van der Waals surface area (Å²) in [5.41, 5.74) is 2.31. The van der Waals surface area contributed by atoms with Crippen LogP contribution in [-0.2, 0) is 21.3 Å². The third kappa shape index (κ3) is 6.27. The summed E-state index contributed by atoms with van der Waals surface area (Å²) in [5.74, 6) is -0.145. The molecular formula is C22H28ClN3O4S. The Hall–Kier alpha value is -1.97. The highest BCUT2D eigenvalue weighted by Gasteiger charge is 2.25. The monoisotopic (exact) mass is 465 g/mol. The summed E-state index contributed by atoms with van der Waals surface area (Å²) in [6.45, 7) is 5.70. The molecule has 0 unspecified atom stereocenters. The van der Waals surface area contributed by atoms with E-state index in [2.05, 4.69) is 9.62 Å². The van der Waals surface area contributed by atoms with Gasteiger partial charge in [-0.05, 0) is 42.3 Å². The van der Waals surface area contributed by atoms with Gasteiger partial charge in [-0.1, -0.05) is 29.8 Å². The summed E-state index contributed by atoms with van der Waals surface area (Å²) in [6, 6.07) is 12.4. The zero-order valence-electron chi connectivity index (χ0n) is 17.8. The van der Waals surface area contributed by atoms with E-state index in [1.807, 2.05) is 31.2 Å². The maximum atomic E-state index is 13.1. The number of nitrogens with zero attached hydrogens (tertiary/aromatic N) is 2. The standard InChI is InChI=1S/C22H28ClN3O4S/c1-17-6-7-20(31(28,29)24-8-13-30-2)15-21(17)22(27)26-11-9-25(10-12-26)16-18-4-3-5-19(23)14-18/h3-7,14-15,24H,8-13,16H2,1-2H3. The van der Waals surface area contributed by atoms with E-state index in [1.54, 1.807) is 11.0 Å². The molecule has 3 rings (SSSR count). The average molecular weight is 466 g/mol. The summed E-state index contributed by atoms with van der Waals surface area (Å²) in [7, 11) is -2.20.